The van der Waals surface area contributed by atoms with Crippen LogP contribution < -0.4 is 10.1 Å². The number of ether oxygens (including phenoxy) is 1. The van der Waals surface area contributed by atoms with Crippen LogP contribution in [0.3, 0.4) is 0 Å². The van der Waals surface area contributed by atoms with Crippen molar-refractivity contribution in [2.45, 2.75) is 37.7 Å². The Bertz CT molecular complexity index is 1500. The lowest BCUT2D eigenvalue weighted by Crippen LogP contribution is -2.41. The van der Waals surface area contributed by atoms with Gasteiger partial charge in [0.25, 0.3) is 5.91 Å². The second-order valence-corrected chi connectivity index (χ2v) is 9.43. The van der Waals surface area contributed by atoms with Gasteiger partial charge in [0.1, 0.15) is 17.4 Å². The molecule has 2 saturated heterocycles. The third-order valence-corrected chi connectivity index (χ3v) is 7.13. The van der Waals surface area contributed by atoms with E-state index in [1.165, 1.54) is 0 Å². The molecule has 3 amide bonds. The molecule has 2 aliphatic rings. The highest BCUT2D eigenvalue weighted by Crippen LogP contribution is 2.35. The lowest BCUT2D eigenvalue weighted by atomic mass is 9.93. The Morgan fingerprint density at radius 1 is 1.11 bits per heavy atom. The number of carbonyl (C=O) groups is 3. The number of amides is 3. The van der Waals surface area contributed by atoms with E-state index in [0.29, 0.717) is 55.8 Å². The molecule has 1 unspecified atom stereocenters. The molecule has 6 rings (SSSR count). The molecular formula is C26H26N6O4. The number of likely N-dealkylation sites (tertiary alicyclic amines) is 1. The Balaban J connectivity index is 1.16. The van der Waals surface area contributed by atoms with Crippen molar-refractivity contribution in [2.75, 3.05) is 13.1 Å². The van der Waals surface area contributed by atoms with Crippen LogP contribution in [0.5, 0.6) is 5.75 Å². The number of imide groups is 1. The SMILES string of the molecule is Cn1nc(C2CCC(=O)NC2=O)c2cccc(OC3CCN(C(=O)c4ccc5n[nH]cc5c4)CC3)c21. The minimum Gasteiger partial charge on any atom is -0.488 e. The first-order valence-electron chi connectivity index (χ1n) is 12.2. The number of hydrogen-bond acceptors (Lipinski definition) is 6. The predicted molar refractivity (Wildman–Crippen MR) is 131 cm³/mol. The van der Waals surface area contributed by atoms with Gasteiger partial charge in [-0.25, -0.2) is 0 Å². The van der Waals surface area contributed by atoms with E-state index >= 15 is 0 Å². The molecule has 2 aliphatic heterocycles. The van der Waals surface area contributed by atoms with E-state index in [1.807, 2.05) is 48.3 Å². The molecule has 4 aromatic rings. The van der Waals surface area contributed by atoms with Crippen molar-refractivity contribution in [3.63, 3.8) is 0 Å². The zero-order valence-corrected chi connectivity index (χ0v) is 19.9. The molecule has 0 radical (unpaired) electrons. The van der Waals surface area contributed by atoms with E-state index in [4.69, 9.17) is 4.74 Å². The minimum atomic E-state index is -0.461. The fourth-order valence-electron chi connectivity index (χ4n) is 5.25. The Morgan fingerprint density at radius 3 is 2.75 bits per heavy atom. The highest BCUT2D eigenvalue weighted by molar-refractivity contribution is 6.03. The molecule has 1 atom stereocenters. The molecule has 0 aliphatic carbocycles. The predicted octanol–water partition coefficient (Wildman–Crippen LogP) is 2.65. The number of nitrogens with one attached hydrogen (secondary N) is 2. The fourth-order valence-corrected chi connectivity index (χ4v) is 5.25. The summed E-state index contributed by atoms with van der Waals surface area (Å²) in [5, 5.41) is 15.8. The number of carbonyl (C=O) groups excluding carboxylic acids is 3. The van der Waals surface area contributed by atoms with Crippen LogP contribution in [0.2, 0.25) is 0 Å². The summed E-state index contributed by atoms with van der Waals surface area (Å²) >= 11 is 0. The molecule has 0 bridgehead atoms. The van der Waals surface area contributed by atoms with Crippen molar-refractivity contribution in [1.29, 1.82) is 0 Å². The number of nitrogens with zero attached hydrogens (tertiary/aromatic N) is 4. The number of fused-ring (bicyclic) bond motifs is 2. The topological polar surface area (TPSA) is 122 Å². The summed E-state index contributed by atoms with van der Waals surface area (Å²) in [5.41, 5.74) is 2.98. The van der Waals surface area contributed by atoms with Crippen molar-refractivity contribution in [3.05, 3.63) is 53.9 Å². The maximum Gasteiger partial charge on any atom is 0.253 e. The Morgan fingerprint density at radius 2 is 1.94 bits per heavy atom. The first kappa shape index (κ1) is 22.3. The summed E-state index contributed by atoms with van der Waals surface area (Å²) in [7, 11) is 1.84. The van der Waals surface area contributed by atoms with Gasteiger partial charge in [0, 0.05) is 61.9 Å². The van der Waals surface area contributed by atoms with Crippen molar-refractivity contribution in [2.24, 2.45) is 7.05 Å². The van der Waals surface area contributed by atoms with Crippen LogP contribution in [-0.2, 0) is 16.6 Å². The lowest BCUT2D eigenvalue weighted by molar-refractivity contribution is -0.134. The van der Waals surface area contributed by atoms with Gasteiger partial charge < -0.3 is 9.64 Å². The smallest absolute Gasteiger partial charge is 0.253 e. The molecule has 10 nitrogen and oxygen atoms in total. The molecule has 184 valence electrons. The first-order chi connectivity index (χ1) is 17.5. The molecule has 2 aromatic heterocycles. The zero-order valence-electron chi connectivity index (χ0n) is 19.9. The van der Waals surface area contributed by atoms with E-state index in [-0.39, 0.29) is 23.8 Å². The van der Waals surface area contributed by atoms with Crippen molar-refractivity contribution in [1.82, 2.24) is 30.2 Å². The van der Waals surface area contributed by atoms with Crippen molar-refractivity contribution < 1.29 is 19.1 Å². The number of aromatic amines is 1. The lowest BCUT2D eigenvalue weighted by Gasteiger charge is -2.32. The van der Waals surface area contributed by atoms with Crippen molar-refractivity contribution in [3.8, 4) is 5.75 Å². The van der Waals surface area contributed by atoms with Gasteiger partial charge in [0.05, 0.1) is 17.1 Å². The van der Waals surface area contributed by atoms with Gasteiger partial charge in [0.15, 0.2) is 0 Å². The number of para-hydroxylation sites is 1. The quantitative estimate of drug-likeness (QED) is 0.428. The number of benzene rings is 2. The largest absolute Gasteiger partial charge is 0.488 e. The van der Waals surface area contributed by atoms with Gasteiger partial charge in [-0.2, -0.15) is 10.2 Å². The highest BCUT2D eigenvalue weighted by Gasteiger charge is 2.32. The number of rotatable bonds is 4. The monoisotopic (exact) mass is 486 g/mol. The minimum absolute atomic E-state index is 0.0131. The summed E-state index contributed by atoms with van der Waals surface area (Å²) in [6.45, 7) is 1.21. The van der Waals surface area contributed by atoms with Gasteiger partial charge >= 0.3 is 0 Å². The van der Waals surface area contributed by atoms with Crippen LogP contribution in [0.1, 0.15) is 47.7 Å². The zero-order chi connectivity index (χ0) is 24.8. The van der Waals surface area contributed by atoms with Gasteiger partial charge in [0.2, 0.25) is 11.8 Å². The summed E-state index contributed by atoms with van der Waals surface area (Å²) in [6.07, 6.45) is 3.93. The van der Waals surface area contributed by atoms with Crippen LogP contribution in [-0.4, -0.2) is 61.8 Å². The highest BCUT2D eigenvalue weighted by atomic mass is 16.5. The second-order valence-electron chi connectivity index (χ2n) is 9.43. The molecular weight excluding hydrogens is 460 g/mol. The fraction of sp³-hybridized carbons (Fsp3) is 0.346. The van der Waals surface area contributed by atoms with Crippen LogP contribution >= 0.6 is 0 Å². The normalized spacial score (nSPS) is 19.1. The van der Waals surface area contributed by atoms with Crippen LogP contribution in [0.15, 0.2) is 42.6 Å². The van der Waals surface area contributed by atoms with Crippen LogP contribution in [0.25, 0.3) is 21.8 Å². The Kier molecular flexibility index (Phi) is 5.43. The maximum atomic E-state index is 13.0. The Hall–Kier alpha value is -4.21. The van der Waals surface area contributed by atoms with E-state index < -0.39 is 5.92 Å². The average molecular weight is 487 g/mol. The number of aromatic nitrogens is 4. The summed E-state index contributed by atoms with van der Waals surface area (Å²) < 4.78 is 8.15. The van der Waals surface area contributed by atoms with Gasteiger partial charge in [-0.3, -0.25) is 29.5 Å². The van der Waals surface area contributed by atoms with E-state index in [2.05, 4.69) is 20.6 Å². The van der Waals surface area contributed by atoms with E-state index in [1.54, 1.807) is 10.9 Å². The molecule has 0 saturated carbocycles. The standard InChI is InChI=1S/C26H26N6O4/c1-31-24-18(23(30-31)19-6-8-22(33)28-25(19)34)3-2-4-21(24)36-17-9-11-32(12-10-17)26(35)15-5-7-20-16(13-15)14-27-29-20/h2-5,7,13-14,17,19H,6,8-12H2,1H3,(H,27,29)(H,28,33,34). The summed E-state index contributed by atoms with van der Waals surface area (Å²) in [6, 6.07) is 11.3. The third kappa shape index (κ3) is 3.88. The van der Waals surface area contributed by atoms with E-state index in [9.17, 15) is 14.4 Å². The van der Waals surface area contributed by atoms with Gasteiger partial charge in [-0.05, 0) is 30.7 Å². The molecule has 36 heavy (non-hydrogen) atoms. The van der Waals surface area contributed by atoms with Crippen LogP contribution in [0.4, 0.5) is 0 Å². The Labute approximate surface area is 206 Å². The molecule has 10 heteroatoms. The van der Waals surface area contributed by atoms with Gasteiger partial charge in [-0.1, -0.05) is 12.1 Å². The first-order valence-corrected chi connectivity index (χ1v) is 12.2. The molecule has 0 spiro atoms. The number of aryl methyl sites for hydroxylation is 1. The molecule has 2 N–H and O–H groups in total. The molecule has 4 heterocycles. The summed E-state index contributed by atoms with van der Waals surface area (Å²) in [4.78, 5) is 38.9. The second kappa shape index (κ2) is 8.78. The van der Waals surface area contributed by atoms with Crippen molar-refractivity contribution >= 4 is 39.5 Å². The molecule has 2 aromatic carbocycles. The summed E-state index contributed by atoms with van der Waals surface area (Å²) in [5.74, 6) is -0.290. The van der Waals surface area contributed by atoms with E-state index in [0.717, 1.165) is 21.8 Å². The maximum absolute atomic E-state index is 13.0. The van der Waals surface area contributed by atoms with Gasteiger partial charge in [-0.15, -0.1) is 0 Å². The molecule has 2 fully saturated rings. The number of H-pyrrole nitrogens is 1. The van der Waals surface area contributed by atoms with Crippen LogP contribution in [0, 0.1) is 0 Å². The number of hydrogen-bond donors (Lipinski definition) is 2. The number of piperidine rings is 2. The third-order valence-electron chi connectivity index (χ3n) is 7.13. The average Bonchev–Trinajstić information content (AvgIpc) is 3.48.